The zero-order valence-corrected chi connectivity index (χ0v) is 10.9. The van der Waals surface area contributed by atoms with Gasteiger partial charge in [-0.25, -0.2) is 0 Å². The molecule has 1 aromatic carbocycles. The molecule has 1 saturated carbocycles. The number of hydrogen-bond donors (Lipinski definition) is 1. The maximum Gasteiger partial charge on any atom is 0.223 e. The molecule has 0 radical (unpaired) electrons. The molecule has 4 heteroatoms. The number of rotatable bonds is 2. The minimum atomic E-state index is 0.0364. The molecule has 1 heterocycles. The number of carbonyl (C=O) groups is 1. The Morgan fingerprint density at radius 1 is 1.33 bits per heavy atom. The minimum absolute atomic E-state index is 0.0364. The number of ether oxygens (including phenoxy) is 1. The van der Waals surface area contributed by atoms with E-state index in [0.29, 0.717) is 11.6 Å². The molecule has 18 heavy (non-hydrogen) atoms. The minimum Gasteiger partial charge on any atom is -0.493 e. The molecular formula is C14H16ClNO2. The van der Waals surface area contributed by atoms with Crippen LogP contribution in [0.1, 0.15) is 37.3 Å². The van der Waals surface area contributed by atoms with Crippen molar-refractivity contribution in [2.75, 3.05) is 6.61 Å². The van der Waals surface area contributed by atoms with Gasteiger partial charge in [-0.15, -0.1) is 0 Å². The van der Waals surface area contributed by atoms with Crippen LogP contribution < -0.4 is 10.1 Å². The van der Waals surface area contributed by atoms with Gasteiger partial charge in [-0.3, -0.25) is 4.79 Å². The van der Waals surface area contributed by atoms with E-state index in [1.807, 2.05) is 18.2 Å². The largest absolute Gasteiger partial charge is 0.493 e. The van der Waals surface area contributed by atoms with Gasteiger partial charge in [0, 0.05) is 16.5 Å². The fourth-order valence-corrected chi connectivity index (χ4v) is 2.51. The fourth-order valence-electron chi connectivity index (χ4n) is 2.33. The molecule has 2 aliphatic rings. The van der Waals surface area contributed by atoms with E-state index in [9.17, 15) is 4.79 Å². The monoisotopic (exact) mass is 265 g/mol. The molecule has 0 spiro atoms. The van der Waals surface area contributed by atoms with Crippen LogP contribution in [0.2, 0.25) is 5.02 Å². The molecule has 1 N–H and O–H groups in total. The molecule has 1 atom stereocenters. The Bertz CT molecular complexity index is 471. The zero-order valence-electron chi connectivity index (χ0n) is 10.1. The Balaban J connectivity index is 1.85. The summed E-state index contributed by atoms with van der Waals surface area (Å²) in [5.41, 5.74) is 1.01. The molecule has 1 aliphatic carbocycles. The molecule has 0 saturated heterocycles. The third kappa shape index (κ3) is 2.46. The van der Waals surface area contributed by atoms with Crippen LogP contribution in [0, 0.1) is 5.92 Å². The highest BCUT2D eigenvalue weighted by Crippen LogP contribution is 2.35. The summed E-state index contributed by atoms with van der Waals surface area (Å²) in [6.07, 6.45) is 3.91. The van der Waals surface area contributed by atoms with Crippen molar-refractivity contribution in [1.29, 1.82) is 0 Å². The molecule has 1 amide bonds. The van der Waals surface area contributed by atoms with E-state index in [-0.39, 0.29) is 17.9 Å². The summed E-state index contributed by atoms with van der Waals surface area (Å²) in [6.45, 7) is 0.699. The molecule has 0 bridgehead atoms. The Hall–Kier alpha value is -1.22. The lowest BCUT2D eigenvalue weighted by molar-refractivity contribution is -0.123. The topological polar surface area (TPSA) is 38.3 Å². The van der Waals surface area contributed by atoms with Gasteiger partial charge in [-0.2, -0.15) is 0 Å². The molecule has 0 aromatic heterocycles. The average Bonchev–Trinajstić information content (AvgIpc) is 3.17. The summed E-state index contributed by atoms with van der Waals surface area (Å²) >= 11 is 6.04. The summed E-state index contributed by atoms with van der Waals surface area (Å²) in [7, 11) is 0. The summed E-state index contributed by atoms with van der Waals surface area (Å²) < 4.78 is 5.68. The predicted molar refractivity (Wildman–Crippen MR) is 69.8 cm³/mol. The number of benzene rings is 1. The smallest absolute Gasteiger partial charge is 0.223 e. The van der Waals surface area contributed by atoms with E-state index in [2.05, 4.69) is 5.32 Å². The van der Waals surface area contributed by atoms with Crippen LogP contribution in [0.5, 0.6) is 5.75 Å². The number of halogens is 1. The van der Waals surface area contributed by atoms with Gasteiger partial charge in [-0.05, 0) is 43.9 Å². The zero-order chi connectivity index (χ0) is 12.5. The predicted octanol–water partition coefficient (Wildman–Crippen LogP) is 3.08. The van der Waals surface area contributed by atoms with E-state index in [1.165, 1.54) is 0 Å². The summed E-state index contributed by atoms with van der Waals surface area (Å²) in [5.74, 6) is 1.25. The molecule has 96 valence electrons. The number of carbonyl (C=O) groups excluding carboxylic acids is 1. The van der Waals surface area contributed by atoms with Gasteiger partial charge in [0.15, 0.2) is 0 Å². The molecule has 3 rings (SSSR count). The Kier molecular flexibility index (Phi) is 3.16. The van der Waals surface area contributed by atoms with Crippen molar-refractivity contribution in [3.8, 4) is 5.75 Å². The standard InChI is InChI=1S/C14H16ClNO2/c15-10-5-6-13-11(8-10)12(2-1-7-18-13)16-14(17)9-3-4-9/h5-6,8-9,12H,1-4,7H2,(H,16,17). The van der Waals surface area contributed by atoms with Crippen molar-refractivity contribution in [3.05, 3.63) is 28.8 Å². The quantitative estimate of drug-likeness (QED) is 0.892. The van der Waals surface area contributed by atoms with Gasteiger partial charge in [0.1, 0.15) is 5.75 Å². The highest BCUT2D eigenvalue weighted by molar-refractivity contribution is 6.30. The van der Waals surface area contributed by atoms with Gasteiger partial charge in [0.05, 0.1) is 12.6 Å². The summed E-state index contributed by atoms with van der Waals surface area (Å²) in [5, 5.41) is 3.81. The van der Waals surface area contributed by atoms with E-state index >= 15 is 0 Å². The second-order valence-electron chi connectivity index (χ2n) is 5.01. The second kappa shape index (κ2) is 4.81. The van der Waals surface area contributed by atoms with E-state index in [4.69, 9.17) is 16.3 Å². The average molecular weight is 266 g/mol. The van der Waals surface area contributed by atoms with Crippen molar-refractivity contribution in [2.45, 2.75) is 31.7 Å². The van der Waals surface area contributed by atoms with E-state index < -0.39 is 0 Å². The number of amides is 1. The highest BCUT2D eigenvalue weighted by atomic mass is 35.5. The molecule has 1 aromatic rings. The van der Waals surface area contributed by atoms with Crippen LogP contribution in [0.4, 0.5) is 0 Å². The van der Waals surface area contributed by atoms with Crippen LogP contribution in [-0.2, 0) is 4.79 Å². The first kappa shape index (κ1) is 11.8. The molecular weight excluding hydrogens is 250 g/mol. The van der Waals surface area contributed by atoms with Crippen molar-refractivity contribution < 1.29 is 9.53 Å². The summed E-state index contributed by atoms with van der Waals surface area (Å²) in [4.78, 5) is 11.9. The fraction of sp³-hybridized carbons (Fsp3) is 0.500. The van der Waals surface area contributed by atoms with Crippen LogP contribution in [0.15, 0.2) is 18.2 Å². The summed E-state index contributed by atoms with van der Waals surface area (Å²) in [6, 6.07) is 5.65. The molecule has 1 unspecified atom stereocenters. The third-order valence-electron chi connectivity index (χ3n) is 3.51. The van der Waals surface area contributed by atoms with Gasteiger partial charge in [-0.1, -0.05) is 11.6 Å². The van der Waals surface area contributed by atoms with Gasteiger partial charge in [0.2, 0.25) is 5.91 Å². The maximum absolute atomic E-state index is 11.9. The van der Waals surface area contributed by atoms with Gasteiger partial charge >= 0.3 is 0 Å². The Labute approximate surface area is 111 Å². The first-order valence-electron chi connectivity index (χ1n) is 6.46. The lowest BCUT2D eigenvalue weighted by Gasteiger charge is -2.18. The first-order valence-corrected chi connectivity index (χ1v) is 6.84. The maximum atomic E-state index is 11.9. The third-order valence-corrected chi connectivity index (χ3v) is 3.74. The van der Waals surface area contributed by atoms with Crippen LogP contribution in [-0.4, -0.2) is 12.5 Å². The second-order valence-corrected chi connectivity index (χ2v) is 5.44. The first-order chi connectivity index (χ1) is 8.74. The lowest BCUT2D eigenvalue weighted by Crippen LogP contribution is -2.29. The molecule has 3 nitrogen and oxygen atoms in total. The lowest BCUT2D eigenvalue weighted by atomic mass is 10.0. The molecule has 1 fully saturated rings. The van der Waals surface area contributed by atoms with Gasteiger partial charge in [0.25, 0.3) is 0 Å². The number of hydrogen-bond acceptors (Lipinski definition) is 2. The molecule has 1 aliphatic heterocycles. The van der Waals surface area contributed by atoms with Crippen molar-refractivity contribution >= 4 is 17.5 Å². The van der Waals surface area contributed by atoms with E-state index in [0.717, 1.165) is 37.0 Å². The number of fused-ring (bicyclic) bond motifs is 1. The number of nitrogens with one attached hydrogen (secondary N) is 1. The van der Waals surface area contributed by atoms with Crippen molar-refractivity contribution in [3.63, 3.8) is 0 Å². The SMILES string of the molecule is O=C(NC1CCCOc2ccc(Cl)cc21)C1CC1. The van der Waals surface area contributed by atoms with Crippen LogP contribution >= 0.6 is 11.6 Å². The van der Waals surface area contributed by atoms with E-state index in [1.54, 1.807) is 0 Å². The van der Waals surface area contributed by atoms with Crippen molar-refractivity contribution in [2.24, 2.45) is 5.92 Å². The Morgan fingerprint density at radius 2 is 2.17 bits per heavy atom. The highest BCUT2D eigenvalue weighted by Gasteiger charge is 2.32. The Morgan fingerprint density at radius 3 is 2.94 bits per heavy atom. The van der Waals surface area contributed by atoms with Crippen LogP contribution in [0.3, 0.4) is 0 Å². The van der Waals surface area contributed by atoms with Crippen LogP contribution in [0.25, 0.3) is 0 Å². The normalized spacial score (nSPS) is 22.6. The van der Waals surface area contributed by atoms with Gasteiger partial charge < -0.3 is 10.1 Å². The van der Waals surface area contributed by atoms with Crippen molar-refractivity contribution in [1.82, 2.24) is 5.32 Å².